The maximum Gasteiger partial charge on any atom is 0.305 e. The Morgan fingerprint density at radius 3 is 2.24 bits per heavy atom. The number of ketones is 1. The van der Waals surface area contributed by atoms with E-state index in [1.807, 2.05) is 0 Å². The van der Waals surface area contributed by atoms with Gasteiger partial charge in [0.25, 0.3) is 0 Å². The first-order chi connectivity index (χ1) is 9.89. The van der Waals surface area contributed by atoms with Gasteiger partial charge in [0, 0.05) is 6.42 Å². The summed E-state index contributed by atoms with van der Waals surface area (Å²) in [6.45, 7) is -0.370. The molecule has 0 saturated carbocycles. The number of carbonyl (C=O) groups is 2. The Labute approximate surface area is 123 Å². The van der Waals surface area contributed by atoms with Crippen LogP contribution in [-0.2, 0) is 24.3 Å². The number of hydrogen-bond acceptors (Lipinski definition) is 6. The molecule has 0 radical (unpaired) electrons. The standard InChI is InChI=1S/C13H17NO6S/c1-19-11-4-6-12(7-5-11)21(17,18)14-9-10(15)3-8-13(16)20-2/h4-7,14H,3,8-9H2,1-2H3. The Bertz CT molecular complexity index is 594. The molecule has 7 nitrogen and oxygen atoms in total. The van der Waals surface area contributed by atoms with Gasteiger partial charge in [-0.05, 0) is 24.3 Å². The third-order valence-corrected chi connectivity index (χ3v) is 4.08. The summed E-state index contributed by atoms with van der Waals surface area (Å²) in [5.41, 5.74) is 0. The zero-order valence-electron chi connectivity index (χ0n) is 11.8. The van der Waals surface area contributed by atoms with Crippen molar-refractivity contribution < 1.29 is 27.5 Å². The summed E-state index contributed by atoms with van der Waals surface area (Å²) >= 11 is 0. The highest BCUT2D eigenvalue weighted by molar-refractivity contribution is 7.89. The van der Waals surface area contributed by atoms with Crippen LogP contribution < -0.4 is 9.46 Å². The maximum atomic E-state index is 11.9. The molecule has 1 aromatic rings. The molecule has 1 rings (SSSR count). The number of Topliss-reactive ketones (excluding diaryl/α,β-unsaturated/α-hetero) is 1. The summed E-state index contributed by atoms with van der Waals surface area (Å²) in [6, 6.07) is 5.77. The van der Waals surface area contributed by atoms with Gasteiger partial charge in [0.2, 0.25) is 10.0 Å². The fourth-order valence-corrected chi connectivity index (χ4v) is 2.46. The monoisotopic (exact) mass is 315 g/mol. The summed E-state index contributed by atoms with van der Waals surface area (Å²) in [7, 11) is -1.07. The lowest BCUT2D eigenvalue weighted by molar-refractivity contribution is -0.141. The van der Waals surface area contributed by atoms with Gasteiger partial charge in [-0.15, -0.1) is 0 Å². The zero-order chi connectivity index (χ0) is 15.9. The van der Waals surface area contributed by atoms with Crippen LogP contribution in [0.1, 0.15) is 12.8 Å². The van der Waals surface area contributed by atoms with Crippen LogP contribution in [0.3, 0.4) is 0 Å². The van der Waals surface area contributed by atoms with Gasteiger partial charge in [-0.3, -0.25) is 9.59 Å². The smallest absolute Gasteiger partial charge is 0.305 e. The van der Waals surface area contributed by atoms with Gasteiger partial charge in [-0.2, -0.15) is 0 Å². The second-order valence-corrected chi connectivity index (χ2v) is 5.88. The molecule has 8 heteroatoms. The molecule has 1 N–H and O–H groups in total. The Balaban J connectivity index is 2.56. The average molecular weight is 315 g/mol. The molecule has 0 amide bonds. The zero-order valence-corrected chi connectivity index (χ0v) is 12.6. The highest BCUT2D eigenvalue weighted by atomic mass is 32.2. The van der Waals surface area contributed by atoms with Crippen molar-refractivity contribution in [2.45, 2.75) is 17.7 Å². The van der Waals surface area contributed by atoms with Crippen molar-refractivity contribution in [1.29, 1.82) is 0 Å². The van der Waals surface area contributed by atoms with Crippen molar-refractivity contribution in [2.24, 2.45) is 0 Å². The van der Waals surface area contributed by atoms with E-state index in [-0.39, 0.29) is 24.3 Å². The molecule has 0 aliphatic carbocycles. The molecule has 0 unspecified atom stereocenters. The number of ether oxygens (including phenoxy) is 2. The minimum Gasteiger partial charge on any atom is -0.497 e. The Hall–Kier alpha value is -1.93. The van der Waals surface area contributed by atoms with E-state index in [0.29, 0.717) is 5.75 Å². The predicted molar refractivity (Wildman–Crippen MR) is 74.4 cm³/mol. The van der Waals surface area contributed by atoms with Crippen LogP contribution in [0.2, 0.25) is 0 Å². The second kappa shape index (κ2) is 7.75. The van der Waals surface area contributed by atoms with Crippen molar-refractivity contribution >= 4 is 21.8 Å². The molecular formula is C13H17NO6S. The van der Waals surface area contributed by atoms with E-state index >= 15 is 0 Å². The Morgan fingerprint density at radius 1 is 1.10 bits per heavy atom. The third-order valence-electron chi connectivity index (χ3n) is 2.66. The maximum absolute atomic E-state index is 11.9. The van der Waals surface area contributed by atoms with Crippen LogP contribution >= 0.6 is 0 Å². The molecular weight excluding hydrogens is 298 g/mol. The van der Waals surface area contributed by atoms with E-state index in [2.05, 4.69) is 9.46 Å². The first kappa shape index (κ1) is 17.1. The van der Waals surface area contributed by atoms with Gasteiger partial charge in [0.05, 0.1) is 32.1 Å². The highest BCUT2D eigenvalue weighted by Gasteiger charge is 2.16. The molecule has 0 atom stereocenters. The number of methoxy groups -OCH3 is 2. The molecule has 0 bridgehead atoms. The molecule has 116 valence electrons. The minimum absolute atomic E-state index is 0.0315. The lowest BCUT2D eigenvalue weighted by Crippen LogP contribution is -2.29. The Kier molecular flexibility index (Phi) is 6.32. The molecule has 0 saturated heterocycles. The molecule has 0 aliphatic heterocycles. The molecule has 0 heterocycles. The quantitative estimate of drug-likeness (QED) is 0.701. The van der Waals surface area contributed by atoms with Crippen molar-refractivity contribution in [3.05, 3.63) is 24.3 Å². The van der Waals surface area contributed by atoms with Crippen LogP contribution in [0.5, 0.6) is 5.75 Å². The minimum atomic E-state index is -3.77. The third kappa shape index (κ3) is 5.52. The van der Waals surface area contributed by atoms with Crippen molar-refractivity contribution in [2.75, 3.05) is 20.8 Å². The fourth-order valence-electron chi connectivity index (χ4n) is 1.45. The normalized spacial score (nSPS) is 11.0. The van der Waals surface area contributed by atoms with Gasteiger partial charge in [-0.1, -0.05) is 0 Å². The van der Waals surface area contributed by atoms with E-state index in [4.69, 9.17) is 4.74 Å². The topological polar surface area (TPSA) is 98.8 Å². The van der Waals surface area contributed by atoms with E-state index in [0.717, 1.165) is 0 Å². The lowest BCUT2D eigenvalue weighted by Gasteiger charge is -2.07. The second-order valence-electron chi connectivity index (χ2n) is 4.11. The molecule has 0 aliphatic rings. The number of hydrogen-bond donors (Lipinski definition) is 1. The predicted octanol–water partition coefficient (Wildman–Crippen LogP) is 0.496. The summed E-state index contributed by atoms with van der Waals surface area (Å²) in [4.78, 5) is 22.4. The van der Waals surface area contributed by atoms with E-state index in [1.54, 1.807) is 0 Å². The number of nitrogens with one attached hydrogen (secondary N) is 1. The Morgan fingerprint density at radius 2 is 1.71 bits per heavy atom. The SMILES string of the molecule is COC(=O)CCC(=O)CNS(=O)(=O)c1ccc(OC)cc1. The number of rotatable bonds is 8. The van der Waals surface area contributed by atoms with Crippen molar-refractivity contribution in [3.8, 4) is 5.75 Å². The first-order valence-electron chi connectivity index (χ1n) is 6.11. The molecule has 21 heavy (non-hydrogen) atoms. The fraction of sp³-hybridized carbons (Fsp3) is 0.385. The number of carbonyl (C=O) groups excluding carboxylic acids is 2. The van der Waals surface area contributed by atoms with Crippen LogP contribution in [0.25, 0.3) is 0 Å². The number of sulfonamides is 1. The van der Waals surface area contributed by atoms with Gasteiger partial charge in [0.1, 0.15) is 11.5 Å². The van der Waals surface area contributed by atoms with E-state index < -0.39 is 21.8 Å². The molecule has 1 aromatic carbocycles. The van der Waals surface area contributed by atoms with Crippen LogP contribution in [0, 0.1) is 0 Å². The van der Waals surface area contributed by atoms with E-state index in [9.17, 15) is 18.0 Å². The average Bonchev–Trinajstić information content (AvgIpc) is 2.50. The largest absolute Gasteiger partial charge is 0.497 e. The number of benzene rings is 1. The summed E-state index contributed by atoms with van der Waals surface area (Å²) < 4.78 is 35.4. The van der Waals surface area contributed by atoms with Crippen LogP contribution in [0.15, 0.2) is 29.2 Å². The van der Waals surface area contributed by atoms with Crippen molar-refractivity contribution in [1.82, 2.24) is 4.72 Å². The molecule has 0 aromatic heterocycles. The van der Waals surface area contributed by atoms with Crippen LogP contribution in [-0.4, -0.2) is 40.9 Å². The van der Waals surface area contributed by atoms with E-state index in [1.165, 1.54) is 38.5 Å². The summed E-state index contributed by atoms with van der Waals surface area (Å²) in [5, 5.41) is 0. The van der Waals surface area contributed by atoms with Crippen molar-refractivity contribution in [3.63, 3.8) is 0 Å². The number of esters is 1. The summed E-state index contributed by atoms with van der Waals surface area (Å²) in [5.74, 6) is -0.373. The van der Waals surface area contributed by atoms with Gasteiger partial charge in [0.15, 0.2) is 0 Å². The first-order valence-corrected chi connectivity index (χ1v) is 7.59. The summed E-state index contributed by atoms with van der Waals surface area (Å²) in [6.07, 6.45) is -0.141. The van der Waals surface area contributed by atoms with Crippen LogP contribution in [0.4, 0.5) is 0 Å². The molecule has 0 fully saturated rings. The lowest BCUT2D eigenvalue weighted by atomic mass is 10.2. The highest BCUT2D eigenvalue weighted by Crippen LogP contribution is 2.15. The van der Waals surface area contributed by atoms with Gasteiger partial charge < -0.3 is 9.47 Å². The van der Waals surface area contributed by atoms with Gasteiger partial charge in [-0.25, -0.2) is 13.1 Å². The van der Waals surface area contributed by atoms with Gasteiger partial charge >= 0.3 is 5.97 Å². The molecule has 0 spiro atoms.